The second-order valence-electron chi connectivity index (χ2n) is 13.8. The summed E-state index contributed by atoms with van der Waals surface area (Å²) in [7, 11) is 0. The van der Waals surface area contributed by atoms with Crippen LogP contribution in [0, 0.1) is 0 Å². The first kappa shape index (κ1) is 36.4. The van der Waals surface area contributed by atoms with Gasteiger partial charge in [0.25, 0.3) is 5.91 Å². The lowest BCUT2D eigenvalue weighted by Gasteiger charge is -2.42. The number of carboxylic acids is 2. The van der Waals surface area contributed by atoms with Gasteiger partial charge < -0.3 is 40.1 Å². The topological polar surface area (TPSA) is 183 Å². The molecule has 2 aromatic carbocycles. The van der Waals surface area contributed by atoms with Crippen LogP contribution in [0.5, 0.6) is 5.75 Å². The molecule has 5 aliphatic heterocycles. The van der Waals surface area contributed by atoms with E-state index in [1.165, 1.54) is 17.4 Å². The number of anilines is 1. The Morgan fingerprint density at radius 1 is 0.961 bits per heavy atom. The summed E-state index contributed by atoms with van der Waals surface area (Å²) in [5, 5.41) is 31.1. The minimum Gasteiger partial charge on any atom is -0.507 e. The maximum Gasteiger partial charge on any atom is 0.410 e. The van der Waals surface area contributed by atoms with Gasteiger partial charge in [-0.05, 0) is 83.8 Å². The number of phenols is 1. The van der Waals surface area contributed by atoms with Gasteiger partial charge in [-0.2, -0.15) is 4.90 Å². The minimum absolute atomic E-state index is 0.0251. The van der Waals surface area contributed by atoms with Gasteiger partial charge in [-0.1, -0.05) is 24.3 Å². The molecular formula is C36H44BrN5O9+. The van der Waals surface area contributed by atoms with Gasteiger partial charge in [-0.3, -0.25) is 4.79 Å². The predicted molar refractivity (Wildman–Crippen MR) is 189 cm³/mol. The van der Waals surface area contributed by atoms with Gasteiger partial charge in [0.2, 0.25) is 6.04 Å². The van der Waals surface area contributed by atoms with Crippen molar-refractivity contribution in [2.75, 3.05) is 38.0 Å². The van der Waals surface area contributed by atoms with E-state index in [1.54, 1.807) is 17.0 Å². The number of nitrogens with one attached hydrogen (secondary N) is 1. The number of carboxylic acid groups (broad SMARTS) is 2. The third-order valence-corrected chi connectivity index (χ3v) is 11.3. The van der Waals surface area contributed by atoms with E-state index in [9.17, 15) is 34.2 Å². The van der Waals surface area contributed by atoms with E-state index in [0.717, 1.165) is 30.6 Å². The number of para-hydroxylation sites is 1. The number of ether oxygens (including phenoxy) is 1. The number of phenolic OH excluding ortho intramolecular Hbond substituents is 1. The molecule has 14 nitrogen and oxygen atoms in total. The molecule has 15 heteroatoms. The average Bonchev–Trinajstić information content (AvgIpc) is 3.28. The maximum absolute atomic E-state index is 13.7. The first-order valence-electron chi connectivity index (χ1n) is 17.6. The van der Waals surface area contributed by atoms with Crippen molar-refractivity contribution in [1.82, 2.24) is 19.6 Å². The number of piperidine rings is 3. The van der Waals surface area contributed by atoms with Crippen LogP contribution in [0.25, 0.3) is 0 Å². The molecule has 1 radical (unpaired) electrons. The number of carbonyl (C=O) groups is 5. The fraction of sp³-hybridized carbons (Fsp3) is 0.528. The van der Waals surface area contributed by atoms with Crippen LogP contribution in [-0.2, 0) is 32.0 Å². The van der Waals surface area contributed by atoms with Crippen LogP contribution >= 0.6 is 15.9 Å². The Labute approximate surface area is 304 Å². The normalized spacial score (nSPS) is 23.8. The SMILES string of the molecule is O=C(O)C1CC2CC[N+]21.O=C(O)C1CCCCN1C(=O)[C@@H](Cc1ccc(O)c(Br)c1)OC(=O)N1CCC(N2CCc3ccccc3NC2=O)CC1. The van der Waals surface area contributed by atoms with Crippen LogP contribution in [0.2, 0.25) is 0 Å². The van der Waals surface area contributed by atoms with Gasteiger partial charge >= 0.3 is 24.1 Å². The summed E-state index contributed by atoms with van der Waals surface area (Å²) < 4.78 is 6.24. The summed E-state index contributed by atoms with van der Waals surface area (Å²) >= 11 is 3.28. The molecule has 0 saturated carbocycles. The van der Waals surface area contributed by atoms with Gasteiger partial charge in [-0.15, -0.1) is 0 Å². The molecule has 5 aliphatic rings. The Hall–Kier alpha value is -4.37. The largest absolute Gasteiger partial charge is 0.507 e. The van der Waals surface area contributed by atoms with E-state index in [2.05, 4.69) is 21.2 Å². The Morgan fingerprint density at radius 2 is 1.73 bits per heavy atom. The fourth-order valence-electron chi connectivity index (χ4n) is 7.62. The number of fused-ring (bicyclic) bond motifs is 2. The number of rotatable bonds is 7. The number of aromatic hydroxyl groups is 1. The monoisotopic (exact) mass is 769 g/mol. The number of aliphatic carboxylic acids is 2. The van der Waals surface area contributed by atoms with Crippen molar-refractivity contribution in [3.8, 4) is 5.75 Å². The quantitative estimate of drug-likeness (QED) is 0.303. The lowest BCUT2D eigenvalue weighted by Crippen LogP contribution is -2.71. The van der Waals surface area contributed by atoms with Gasteiger partial charge in [0.15, 0.2) is 6.10 Å². The van der Waals surface area contributed by atoms with Gasteiger partial charge in [0.05, 0.1) is 17.3 Å². The Morgan fingerprint density at radius 3 is 2.35 bits per heavy atom. The number of halogens is 1. The molecule has 5 heterocycles. The number of likely N-dealkylation sites (tertiary alicyclic amines) is 2. The minimum atomic E-state index is -1.23. The molecule has 4 saturated heterocycles. The molecule has 0 aliphatic carbocycles. The van der Waals surface area contributed by atoms with Crippen molar-refractivity contribution in [1.29, 1.82) is 0 Å². The number of urea groups is 1. The Kier molecular flexibility index (Phi) is 11.3. The predicted octanol–water partition coefficient (Wildman–Crippen LogP) is 3.98. The second-order valence-corrected chi connectivity index (χ2v) is 14.6. The lowest BCUT2D eigenvalue weighted by atomic mass is 9.83. The van der Waals surface area contributed by atoms with Crippen LogP contribution in [0.3, 0.4) is 0 Å². The lowest BCUT2D eigenvalue weighted by molar-refractivity contribution is -0.156. The molecule has 4 atom stereocenters. The zero-order valence-electron chi connectivity index (χ0n) is 28.3. The van der Waals surface area contributed by atoms with Gasteiger partial charge in [0, 0.05) is 44.3 Å². The van der Waals surface area contributed by atoms with Crippen molar-refractivity contribution in [3.05, 3.63) is 58.1 Å². The Bertz CT molecular complexity index is 1650. The molecule has 51 heavy (non-hydrogen) atoms. The standard InChI is InChI=1S/C30H35BrN4O7.C6H9NO2/c31-22-17-19(8-9-25(22)36)18-26(27(37)35-13-4-3-7-24(35)28(38)39)42-30(41)33-14-11-21(12-15-33)34-16-10-20-5-1-2-6-23(20)32-29(34)40;8-6(9)5-3-4-1-2-7(4)5/h1-2,5-6,8-9,17,21,24,26,36H,3-4,7,10-16,18H2,(H,32,40)(H,38,39);4-5H,1-3H2,(H,8,9)/q;+1/t24?,26-;/m1./s1. The van der Waals surface area contributed by atoms with E-state index >= 15 is 0 Å². The first-order chi connectivity index (χ1) is 24.5. The molecule has 0 spiro atoms. The van der Waals surface area contributed by atoms with Crippen LogP contribution in [0.15, 0.2) is 46.9 Å². The van der Waals surface area contributed by atoms with E-state index in [4.69, 9.17) is 9.84 Å². The molecule has 273 valence electrons. The third kappa shape index (κ3) is 8.25. The summed E-state index contributed by atoms with van der Waals surface area (Å²) in [6, 6.07) is 11.8. The summed E-state index contributed by atoms with van der Waals surface area (Å²) in [6.07, 6.45) is 3.82. The van der Waals surface area contributed by atoms with Crippen molar-refractivity contribution in [2.24, 2.45) is 0 Å². The number of hydrogen-bond acceptors (Lipinski definition) is 8. The molecule has 4 fully saturated rings. The number of hydrogen-bond donors (Lipinski definition) is 4. The highest BCUT2D eigenvalue weighted by Gasteiger charge is 2.59. The average molecular weight is 771 g/mol. The number of benzene rings is 2. The van der Waals surface area contributed by atoms with E-state index in [1.807, 2.05) is 34.1 Å². The molecule has 3 unspecified atom stereocenters. The van der Waals surface area contributed by atoms with Crippen LogP contribution in [-0.4, -0.2) is 123 Å². The summed E-state index contributed by atoms with van der Waals surface area (Å²) in [6.45, 7) is 2.57. The molecule has 0 bridgehead atoms. The van der Waals surface area contributed by atoms with E-state index in [0.29, 0.717) is 67.8 Å². The van der Waals surface area contributed by atoms with Crippen molar-refractivity contribution in [2.45, 2.75) is 88.1 Å². The number of amides is 4. The highest BCUT2D eigenvalue weighted by Crippen LogP contribution is 2.33. The zero-order chi connectivity index (χ0) is 36.2. The first-order valence-corrected chi connectivity index (χ1v) is 18.4. The summed E-state index contributed by atoms with van der Waals surface area (Å²) in [5.41, 5.74) is 2.55. The van der Waals surface area contributed by atoms with Crippen molar-refractivity contribution >= 4 is 51.6 Å². The molecule has 7 rings (SSSR count). The zero-order valence-corrected chi connectivity index (χ0v) is 29.9. The van der Waals surface area contributed by atoms with Crippen LogP contribution in [0.4, 0.5) is 15.3 Å². The van der Waals surface area contributed by atoms with Gasteiger partial charge in [0.1, 0.15) is 24.4 Å². The third-order valence-electron chi connectivity index (χ3n) is 10.7. The van der Waals surface area contributed by atoms with Crippen molar-refractivity contribution < 1.29 is 44.0 Å². The highest BCUT2D eigenvalue weighted by molar-refractivity contribution is 9.10. The maximum atomic E-state index is 13.7. The highest BCUT2D eigenvalue weighted by atomic mass is 79.9. The number of nitrogens with zero attached hydrogens (tertiary/aromatic N) is 4. The molecule has 0 aromatic heterocycles. The summed E-state index contributed by atoms with van der Waals surface area (Å²) in [5.74, 6) is -2.24. The molecule has 4 amide bonds. The van der Waals surface area contributed by atoms with E-state index < -0.39 is 36.1 Å². The summed E-state index contributed by atoms with van der Waals surface area (Å²) in [4.78, 5) is 68.9. The molecule has 4 N–H and O–H groups in total. The fourth-order valence-corrected chi connectivity index (χ4v) is 8.05. The van der Waals surface area contributed by atoms with Gasteiger partial charge in [-0.25, -0.2) is 19.2 Å². The second kappa shape index (κ2) is 15.9. The van der Waals surface area contributed by atoms with Crippen LogP contribution < -0.4 is 10.2 Å². The number of carbonyl (C=O) groups excluding carboxylic acids is 3. The molecule has 2 aromatic rings. The van der Waals surface area contributed by atoms with E-state index in [-0.39, 0.29) is 36.8 Å². The van der Waals surface area contributed by atoms with Crippen LogP contribution in [0.1, 0.15) is 56.1 Å². The molecular weight excluding hydrogens is 726 g/mol. The Balaban J connectivity index is 0.000000428. The van der Waals surface area contributed by atoms with Crippen molar-refractivity contribution in [3.63, 3.8) is 0 Å². The smallest absolute Gasteiger partial charge is 0.410 e.